The number of allylic oxidation sites excluding steroid dienone is 2. The third kappa shape index (κ3) is 1.51. The Morgan fingerprint density at radius 2 is 2.40 bits per heavy atom. The van der Waals surface area contributed by atoms with E-state index in [1.165, 1.54) is 32.5 Å². The van der Waals surface area contributed by atoms with Crippen LogP contribution >= 0.6 is 0 Å². The summed E-state index contributed by atoms with van der Waals surface area (Å²) >= 11 is 0. The fourth-order valence-corrected chi connectivity index (χ4v) is 3.39. The van der Waals surface area contributed by atoms with E-state index in [4.69, 9.17) is 0 Å². The van der Waals surface area contributed by atoms with Crippen LogP contribution in [0.5, 0.6) is 0 Å². The molecule has 2 heteroatoms. The van der Waals surface area contributed by atoms with Crippen LogP contribution in [0.3, 0.4) is 0 Å². The molecule has 2 unspecified atom stereocenters. The first-order chi connectivity index (χ1) is 7.38. The normalized spacial score (nSPS) is 34.3. The fourth-order valence-electron chi connectivity index (χ4n) is 3.39. The van der Waals surface area contributed by atoms with Crippen molar-refractivity contribution >= 4 is 0 Å². The number of fused-ring (bicyclic) bond motifs is 4. The van der Waals surface area contributed by atoms with Crippen LogP contribution in [0.1, 0.15) is 19.8 Å². The van der Waals surface area contributed by atoms with Crippen LogP contribution in [0.15, 0.2) is 23.4 Å². The van der Waals surface area contributed by atoms with E-state index in [1.54, 1.807) is 11.3 Å². The molecule has 2 bridgehead atoms. The Balaban J connectivity index is 1.96. The molecule has 2 fully saturated rings. The van der Waals surface area contributed by atoms with E-state index in [0.29, 0.717) is 0 Å². The van der Waals surface area contributed by atoms with E-state index in [2.05, 4.69) is 29.3 Å². The van der Waals surface area contributed by atoms with Crippen molar-refractivity contribution in [1.29, 1.82) is 0 Å². The molecule has 15 heavy (non-hydrogen) atoms. The van der Waals surface area contributed by atoms with Crippen molar-refractivity contribution in [1.82, 2.24) is 10.2 Å². The van der Waals surface area contributed by atoms with Gasteiger partial charge in [-0.3, -0.25) is 0 Å². The molecule has 0 aromatic heterocycles. The molecule has 0 saturated carbocycles. The second-order valence-electron chi connectivity index (χ2n) is 5.03. The maximum atomic E-state index is 3.58. The van der Waals surface area contributed by atoms with Gasteiger partial charge in [0.25, 0.3) is 0 Å². The van der Waals surface area contributed by atoms with Crippen LogP contribution in [-0.4, -0.2) is 31.1 Å². The number of hydrogen-bond donors (Lipinski definition) is 1. The van der Waals surface area contributed by atoms with E-state index in [0.717, 1.165) is 18.4 Å². The average Bonchev–Trinajstić information content (AvgIpc) is 2.28. The fraction of sp³-hybridized carbons (Fsp3) is 0.692. The number of rotatable bonds is 1. The Hall–Kier alpha value is -0.760. The number of nitrogens with zero attached hydrogens (tertiary/aromatic N) is 1. The molecule has 0 aromatic carbocycles. The highest BCUT2D eigenvalue weighted by atomic mass is 15.2. The molecule has 2 saturated heterocycles. The monoisotopic (exact) mass is 204 g/mol. The molecule has 2 nitrogen and oxygen atoms in total. The highest BCUT2D eigenvalue weighted by molar-refractivity contribution is 5.32. The zero-order valence-electron chi connectivity index (χ0n) is 9.50. The highest BCUT2D eigenvalue weighted by Crippen LogP contribution is 2.36. The first-order valence-electron chi connectivity index (χ1n) is 6.23. The van der Waals surface area contributed by atoms with Gasteiger partial charge < -0.3 is 10.2 Å². The molecular weight excluding hydrogens is 184 g/mol. The van der Waals surface area contributed by atoms with Crippen molar-refractivity contribution in [3.8, 4) is 0 Å². The van der Waals surface area contributed by atoms with E-state index >= 15 is 0 Å². The largest absolute Gasteiger partial charge is 0.370 e. The molecular formula is C13H20N2. The second kappa shape index (κ2) is 3.67. The maximum absolute atomic E-state index is 3.58. The average molecular weight is 204 g/mol. The minimum Gasteiger partial charge on any atom is -0.370 e. The lowest BCUT2D eigenvalue weighted by Crippen LogP contribution is -2.50. The van der Waals surface area contributed by atoms with Crippen molar-refractivity contribution in [3.05, 3.63) is 23.4 Å². The minimum atomic E-state index is 0.789. The Morgan fingerprint density at radius 1 is 1.47 bits per heavy atom. The Morgan fingerprint density at radius 3 is 3.27 bits per heavy atom. The number of nitrogens with one attached hydrogen (secondary N) is 1. The third-order valence-electron chi connectivity index (χ3n) is 4.00. The predicted octanol–water partition coefficient (Wildman–Crippen LogP) is 1.76. The molecule has 0 radical (unpaired) electrons. The van der Waals surface area contributed by atoms with Gasteiger partial charge >= 0.3 is 0 Å². The molecule has 0 aliphatic carbocycles. The summed E-state index contributed by atoms with van der Waals surface area (Å²) in [5, 5.41) is 3.58. The van der Waals surface area contributed by atoms with Crippen molar-refractivity contribution in [2.75, 3.05) is 26.2 Å². The molecule has 3 aliphatic heterocycles. The highest BCUT2D eigenvalue weighted by Gasteiger charge is 2.35. The van der Waals surface area contributed by atoms with Crippen LogP contribution in [0.25, 0.3) is 0 Å². The molecule has 3 heterocycles. The first kappa shape index (κ1) is 9.46. The lowest BCUT2D eigenvalue weighted by atomic mass is 9.80. The summed E-state index contributed by atoms with van der Waals surface area (Å²) in [6, 6.07) is 0. The van der Waals surface area contributed by atoms with Crippen LogP contribution in [0.2, 0.25) is 0 Å². The maximum Gasteiger partial charge on any atom is 0.0360 e. The Kier molecular flexibility index (Phi) is 2.32. The van der Waals surface area contributed by atoms with Crippen molar-refractivity contribution in [2.24, 2.45) is 11.8 Å². The van der Waals surface area contributed by atoms with Crippen LogP contribution in [0, 0.1) is 11.8 Å². The van der Waals surface area contributed by atoms with E-state index < -0.39 is 0 Å². The van der Waals surface area contributed by atoms with Crippen LogP contribution in [-0.2, 0) is 0 Å². The van der Waals surface area contributed by atoms with Gasteiger partial charge in [-0.2, -0.15) is 0 Å². The zero-order valence-corrected chi connectivity index (χ0v) is 9.50. The van der Waals surface area contributed by atoms with E-state index in [1.807, 2.05) is 0 Å². The van der Waals surface area contributed by atoms with E-state index in [-0.39, 0.29) is 0 Å². The molecule has 3 rings (SSSR count). The Bertz CT molecular complexity index is 316. The minimum absolute atomic E-state index is 0.789. The molecule has 3 aliphatic rings. The topological polar surface area (TPSA) is 15.3 Å². The zero-order chi connectivity index (χ0) is 10.3. The lowest BCUT2D eigenvalue weighted by molar-refractivity contribution is 0.154. The van der Waals surface area contributed by atoms with Crippen molar-refractivity contribution < 1.29 is 0 Å². The molecule has 0 spiro atoms. The molecule has 82 valence electrons. The van der Waals surface area contributed by atoms with Crippen LogP contribution in [0.4, 0.5) is 0 Å². The molecule has 0 aromatic rings. The summed E-state index contributed by atoms with van der Waals surface area (Å²) in [4.78, 5) is 2.62. The molecule has 1 N–H and O–H groups in total. The van der Waals surface area contributed by atoms with Crippen LogP contribution < -0.4 is 5.32 Å². The number of piperidine rings is 2. The smallest absolute Gasteiger partial charge is 0.0360 e. The quantitative estimate of drug-likeness (QED) is 0.700. The summed E-state index contributed by atoms with van der Waals surface area (Å²) < 4.78 is 0. The van der Waals surface area contributed by atoms with Gasteiger partial charge in [0.1, 0.15) is 0 Å². The van der Waals surface area contributed by atoms with Gasteiger partial charge in [-0.15, -0.1) is 0 Å². The van der Waals surface area contributed by atoms with Gasteiger partial charge in [-0.1, -0.05) is 19.1 Å². The standard InChI is InChI=1S/C13H20N2/c1-2-11-4-3-5-15-9-10-6-12(13(11)15)8-14-7-10/h3-4,10,12,14H,2,5-9H2,1H3. The molecule has 0 amide bonds. The summed E-state index contributed by atoms with van der Waals surface area (Å²) in [6.45, 7) is 7.11. The van der Waals surface area contributed by atoms with Crippen molar-refractivity contribution in [2.45, 2.75) is 19.8 Å². The lowest BCUT2D eigenvalue weighted by Gasteiger charge is -2.46. The molecule has 2 atom stereocenters. The van der Waals surface area contributed by atoms with Gasteiger partial charge in [-0.05, 0) is 30.9 Å². The second-order valence-corrected chi connectivity index (χ2v) is 5.03. The summed E-state index contributed by atoms with van der Waals surface area (Å²) in [6.07, 6.45) is 7.28. The summed E-state index contributed by atoms with van der Waals surface area (Å²) in [7, 11) is 0. The third-order valence-corrected chi connectivity index (χ3v) is 4.00. The predicted molar refractivity (Wildman–Crippen MR) is 62.5 cm³/mol. The van der Waals surface area contributed by atoms with Gasteiger partial charge in [0.2, 0.25) is 0 Å². The van der Waals surface area contributed by atoms with Gasteiger partial charge in [-0.25, -0.2) is 0 Å². The SMILES string of the molecule is CCC1=C2C3CNCC(C3)CN2CC=C1. The summed E-state index contributed by atoms with van der Waals surface area (Å²) in [5.41, 5.74) is 3.23. The van der Waals surface area contributed by atoms with Gasteiger partial charge in [0, 0.05) is 31.2 Å². The van der Waals surface area contributed by atoms with Crippen molar-refractivity contribution in [3.63, 3.8) is 0 Å². The first-order valence-corrected chi connectivity index (χ1v) is 6.23. The summed E-state index contributed by atoms with van der Waals surface area (Å²) in [5.74, 6) is 1.68. The Labute approximate surface area is 92.0 Å². The van der Waals surface area contributed by atoms with E-state index in [9.17, 15) is 0 Å². The van der Waals surface area contributed by atoms with Gasteiger partial charge in [0.15, 0.2) is 0 Å². The van der Waals surface area contributed by atoms with Gasteiger partial charge in [0.05, 0.1) is 0 Å². The number of hydrogen-bond acceptors (Lipinski definition) is 2.